The van der Waals surface area contributed by atoms with Crippen LogP contribution >= 0.6 is 11.6 Å². The molecule has 0 bridgehead atoms. The smallest absolute Gasteiger partial charge is 0.269 e. The van der Waals surface area contributed by atoms with Gasteiger partial charge in [0.25, 0.3) is 5.69 Å². The van der Waals surface area contributed by atoms with Crippen molar-refractivity contribution >= 4 is 17.3 Å². The fraction of sp³-hybridized carbons (Fsp3) is 0.600. The molecule has 0 saturated heterocycles. The van der Waals surface area contributed by atoms with Gasteiger partial charge in [-0.2, -0.15) is 0 Å². The lowest BCUT2D eigenvalue weighted by atomic mass is 9.99. The Balaban J connectivity index is 2.52. The van der Waals surface area contributed by atoms with Crippen LogP contribution in [0.3, 0.4) is 0 Å². The zero-order chi connectivity index (χ0) is 15.0. The van der Waals surface area contributed by atoms with E-state index in [1.807, 2.05) is 0 Å². The number of non-ortho nitro benzene ring substituents is 1. The van der Waals surface area contributed by atoms with E-state index in [1.54, 1.807) is 12.1 Å². The highest BCUT2D eigenvalue weighted by Crippen LogP contribution is 2.22. The van der Waals surface area contributed by atoms with Crippen molar-refractivity contribution in [1.29, 1.82) is 0 Å². The second-order valence-corrected chi connectivity index (χ2v) is 5.49. The highest BCUT2D eigenvalue weighted by atomic mass is 35.5. The minimum Gasteiger partial charge on any atom is -0.312 e. The molecule has 1 aromatic carbocycles. The number of rotatable bonds is 9. The van der Waals surface area contributed by atoms with Gasteiger partial charge in [-0.25, -0.2) is 0 Å². The van der Waals surface area contributed by atoms with Crippen molar-refractivity contribution in [2.24, 2.45) is 5.92 Å². The number of hydrogen-bond acceptors (Lipinski definition) is 3. The molecule has 0 aromatic heterocycles. The molecule has 0 spiro atoms. The van der Waals surface area contributed by atoms with Crippen molar-refractivity contribution in [2.45, 2.75) is 46.1 Å². The Morgan fingerprint density at radius 1 is 1.40 bits per heavy atom. The van der Waals surface area contributed by atoms with Crippen LogP contribution in [0, 0.1) is 16.0 Å². The largest absolute Gasteiger partial charge is 0.312 e. The molecule has 1 aromatic rings. The Morgan fingerprint density at radius 2 is 2.15 bits per heavy atom. The third-order valence-corrected chi connectivity index (χ3v) is 3.90. The number of benzene rings is 1. The minimum atomic E-state index is -0.393. The maximum atomic E-state index is 10.8. The zero-order valence-corrected chi connectivity index (χ0v) is 12.9. The van der Waals surface area contributed by atoms with Crippen molar-refractivity contribution < 1.29 is 4.92 Å². The lowest BCUT2D eigenvalue weighted by Crippen LogP contribution is -2.22. The fourth-order valence-corrected chi connectivity index (χ4v) is 2.35. The van der Waals surface area contributed by atoms with Crippen LogP contribution in [0.15, 0.2) is 18.2 Å². The van der Waals surface area contributed by atoms with Crippen LogP contribution < -0.4 is 5.32 Å². The summed E-state index contributed by atoms with van der Waals surface area (Å²) in [5.74, 6) is 0.660. The number of nitro benzene ring substituents is 1. The number of nitrogens with one attached hydrogen (secondary N) is 1. The maximum absolute atomic E-state index is 10.8. The number of unbranched alkanes of at least 4 members (excludes halogenated alkanes) is 1. The van der Waals surface area contributed by atoms with Gasteiger partial charge in [0.2, 0.25) is 0 Å². The predicted octanol–water partition coefficient (Wildman–Crippen LogP) is 4.55. The lowest BCUT2D eigenvalue weighted by Gasteiger charge is -2.15. The summed E-state index contributed by atoms with van der Waals surface area (Å²) in [6, 6.07) is 4.56. The molecule has 0 radical (unpaired) electrons. The SMILES string of the molecule is CCCCC(CC)CNCc1cc([N+](=O)[O-])ccc1Cl. The molecule has 0 saturated carbocycles. The molecule has 4 nitrogen and oxygen atoms in total. The third kappa shape index (κ3) is 5.47. The molecule has 5 heteroatoms. The Kier molecular flexibility index (Phi) is 7.55. The Hall–Kier alpha value is -1.13. The van der Waals surface area contributed by atoms with E-state index in [0.717, 1.165) is 18.5 Å². The molecule has 0 amide bonds. The monoisotopic (exact) mass is 298 g/mol. The van der Waals surface area contributed by atoms with Gasteiger partial charge in [0.1, 0.15) is 0 Å². The molecule has 20 heavy (non-hydrogen) atoms. The lowest BCUT2D eigenvalue weighted by molar-refractivity contribution is -0.384. The number of halogens is 1. The molecule has 0 aliphatic heterocycles. The van der Waals surface area contributed by atoms with Crippen LogP contribution in [0.25, 0.3) is 0 Å². The summed E-state index contributed by atoms with van der Waals surface area (Å²) >= 11 is 6.07. The molecular formula is C15H23ClN2O2. The maximum Gasteiger partial charge on any atom is 0.269 e. The Morgan fingerprint density at radius 3 is 2.75 bits per heavy atom. The predicted molar refractivity (Wildman–Crippen MR) is 83.1 cm³/mol. The van der Waals surface area contributed by atoms with Gasteiger partial charge in [-0.3, -0.25) is 10.1 Å². The molecule has 112 valence electrons. The molecule has 0 aliphatic carbocycles. The molecule has 0 heterocycles. The van der Waals surface area contributed by atoms with Gasteiger partial charge in [0, 0.05) is 23.7 Å². The summed E-state index contributed by atoms with van der Waals surface area (Å²) in [6.45, 7) is 5.89. The van der Waals surface area contributed by atoms with Crippen molar-refractivity contribution in [3.05, 3.63) is 38.9 Å². The quantitative estimate of drug-likeness (QED) is 0.537. The van der Waals surface area contributed by atoms with Gasteiger partial charge in [0.05, 0.1) is 4.92 Å². The summed E-state index contributed by atoms with van der Waals surface area (Å²) in [6.07, 6.45) is 4.84. The van der Waals surface area contributed by atoms with Crippen LogP contribution in [0.4, 0.5) is 5.69 Å². The van der Waals surface area contributed by atoms with E-state index in [-0.39, 0.29) is 5.69 Å². The van der Waals surface area contributed by atoms with E-state index in [2.05, 4.69) is 19.2 Å². The fourth-order valence-electron chi connectivity index (χ4n) is 2.16. The van der Waals surface area contributed by atoms with Crippen LogP contribution in [0.5, 0.6) is 0 Å². The first kappa shape index (κ1) is 16.9. The summed E-state index contributed by atoms with van der Waals surface area (Å²) < 4.78 is 0. The highest BCUT2D eigenvalue weighted by Gasteiger charge is 2.10. The first-order chi connectivity index (χ1) is 9.58. The van der Waals surface area contributed by atoms with E-state index in [9.17, 15) is 10.1 Å². The molecule has 0 fully saturated rings. The van der Waals surface area contributed by atoms with Crippen LogP contribution in [0.1, 0.15) is 45.1 Å². The van der Waals surface area contributed by atoms with Crippen molar-refractivity contribution in [2.75, 3.05) is 6.54 Å². The van der Waals surface area contributed by atoms with Gasteiger partial charge in [-0.1, -0.05) is 44.7 Å². The van der Waals surface area contributed by atoms with Crippen LogP contribution in [-0.2, 0) is 6.54 Å². The molecule has 1 rings (SSSR count). The first-order valence-corrected chi connectivity index (χ1v) is 7.59. The number of hydrogen-bond donors (Lipinski definition) is 1. The standard InChI is InChI=1S/C15H23ClN2O2/c1-3-5-6-12(4-2)10-17-11-13-9-14(18(19)20)7-8-15(13)16/h7-9,12,17H,3-6,10-11H2,1-2H3. The van der Waals surface area contributed by atoms with Crippen LogP contribution in [0.2, 0.25) is 5.02 Å². The summed E-state index contributed by atoms with van der Waals surface area (Å²) in [7, 11) is 0. The highest BCUT2D eigenvalue weighted by molar-refractivity contribution is 6.31. The average Bonchev–Trinajstić information content (AvgIpc) is 2.44. The molecule has 0 aliphatic rings. The van der Waals surface area contributed by atoms with Crippen LogP contribution in [-0.4, -0.2) is 11.5 Å². The molecular weight excluding hydrogens is 276 g/mol. The van der Waals surface area contributed by atoms with Gasteiger partial charge in [0.15, 0.2) is 0 Å². The van der Waals surface area contributed by atoms with Crippen molar-refractivity contribution in [3.8, 4) is 0 Å². The summed E-state index contributed by atoms with van der Waals surface area (Å²) in [4.78, 5) is 10.4. The first-order valence-electron chi connectivity index (χ1n) is 7.22. The van der Waals surface area contributed by atoms with Gasteiger partial charge >= 0.3 is 0 Å². The normalized spacial score (nSPS) is 12.3. The summed E-state index contributed by atoms with van der Waals surface area (Å²) in [5.41, 5.74) is 0.871. The second kappa shape index (κ2) is 8.93. The second-order valence-electron chi connectivity index (χ2n) is 5.08. The van der Waals surface area contributed by atoms with E-state index in [1.165, 1.54) is 25.3 Å². The Labute approximate surface area is 125 Å². The number of nitro groups is 1. The summed E-state index contributed by atoms with van der Waals surface area (Å²) in [5, 5.41) is 14.7. The Bertz CT molecular complexity index is 438. The third-order valence-electron chi connectivity index (χ3n) is 3.53. The van der Waals surface area contributed by atoms with Gasteiger partial charge in [-0.15, -0.1) is 0 Å². The van der Waals surface area contributed by atoms with Crippen molar-refractivity contribution in [1.82, 2.24) is 5.32 Å². The minimum absolute atomic E-state index is 0.0872. The van der Waals surface area contributed by atoms with E-state index >= 15 is 0 Å². The molecule has 1 atom stereocenters. The van der Waals surface area contributed by atoms with Gasteiger partial charge < -0.3 is 5.32 Å². The zero-order valence-electron chi connectivity index (χ0n) is 12.2. The van der Waals surface area contributed by atoms with E-state index in [0.29, 0.717) is 17.5 Å². The number of nitrogens with zero attached hydrogens (tertiary/aromatic N) is 1. The topological polar surface area (TPSA) is 55.2 Å². The molecule has 1 N–H and O–H groups in total. The van der Waals surface area contributed by atoms with E-state index in [4.69, 9.17) is 11.6 Å². The van der Waals surface area contributed by atoms with Gasteiger partial charge in [-0.05, 0) is 30.5 Å². The van der Waals surface area contributed by atoms with Crippen molar-refractivity contribution in [3.63, 3.8) is 0 Å². The molecule has 1 unspecified atom stereocenters. The average molecular weight is 299 g/mol. The van der Waals surface area contributed by atoms with E-state index < -0.39 is 4.92 Å².